The molecule has 5 heteroatoms. The Morgan fingerprint density at radius 1 is 1.25 bits per heavy atom. The highest BCUT2D eigenvalue weighted by atomic mass is 32.2. The van der Waals surface area contributed by atoms with Crippen molar-refractivity contribution in [3.63, 3.8) is 0 Å². The maximum Gasteiger partial charge on any atom is 0.240 e. The molecule has 112 valence electrons. The summed E-state index contributed by atoms with van der Waals surface area (Å²) < 4.78 is 27.8. The van der Waals surface area contributed by atoms with Crippen molar-refractivity contribution in [2.45, 2.75) is 50.5 Å². The summed E-state index contributed by atoms with van der Waals surface area (Å²) in [6, 6.07) is 6.50. The second kappa shape index (κ2) is 6.14. The van der Waals surface area contributed by atoms with Crippen LogP contribution >= 0.6 is 0 Å². The lowest BCUT2D eigenvalue weighted by Gasteiger charge is -2.34. The highest BCUT2D eigenvalue weighted by Gasteiger charge is 2.31. The summed E-state index contributed by atoms with van der Waals surface area (Å²) in [5, 5.41) is 0. The van der Waals surface area contributed by atoms with E-state index in [-0.39, 0.29) is 10.9 Å². The van der Waals surface area contributed by atoms with Crippen LogP contribution in [0.15, 0.2) is 29.2 Å². The van der Waals surface area contributed by atoms with Gasteiger partial charge in [0, 0.05) is 11.7 Å². The molecule has 0 amide bonds. The van der Waals surface area contributed by atoms with Gasteiger partial charge in [0.2, 0.25) is 10.0 Å². The van der Waals surface area contributed by atoms with E-state index in [4.69, 9.17) is 5.73 Å². The van der Waals surface area contributed by atoms with Gasteiger partial charge < -0.3 is 5.73 Å². The van der Waals surface area contributed by atoms with Crippen molar-refractivity contribution in [2.75, 3.05) is 5.73 Å². The molecule has 2 atom stereocenters. The summed E-state index contributed by atoms with van der Waals surface area (Å²) in [4.78, 5) is 0.255. The van der Waals surface area contributed by atoms with Crippen LogP contribution in [-0.2, 0) is 10.0 Å². The zero-order valence-corrected chi connectivity index (χ0v) is 13.0. The summed E-state index contributed by atoms with van der Waals surface area (Å²) in [6.07, 6.45) is 4.30. The Kier molecular flexibility index (Phi) is 4.70. The number of sulfonamides is 1. The lowest BCUT2D eigenvalue weighted by Crippen LogP contribution is -2.43. The van der Waals surface area contributed by atoms with E-state index in [1.54, 1.807) is 18.2 Å². The number of benzene rings is 1. The number of nitrogens with one attached hydrogen (secondary N) is 1. The topological polar surface area (TPSA) is 72.2 Å². The fourth-order valence-corrected chi connectivity index (χ4v) is 4.43. The predicted octanol–water partition coefficient (Wildman–Crippen LogP) is 2.76. The molecule has 0 saturated heterocycles. The van der Waals surface area contributed by atoms with Crippen molar-refractivity contribution >= 4 is 15.7 Å². The van der Waals surface area contributed by atoms with Crippen molar-refractivity contribution < 1.29 is 8.42 Å². The molecule has 1 aromatic rings. The van der Waals surface area contributed by atoms with Gasteiger partial charge in [-0.3, -0.25) is 0 Å². The lowest BCUT2D eigenvalue weighted by atomic mass is 9.78. The minimum atomic E-state index is -3.48. The summed E-state index contributed by atoms with van der Waals surface area (Å²) in [7, 11) is -3.48. The monoisotopic (exact) mass is 296 g/mol. The molecule has 0 heterocycles. The van der Waals surface area contributed by atoms with E-state index in [0.29, 0.717) is 17.5 Å². The van der Waals surface area contributed by atoms with Crippen LogP contribution in [0.2, 0.25) is 0 Å². The Bertz CT molecular complexity index is 555. The smallest absolute Gasteiger partial charge is 0.240 e. The average molecular weight is 296 g/mol. The van der Waals surface area contributed by atoms with Crippen LogP contribution < -0.4 is 10.5 Å². The third-order valence-corrected chi connectivity index (χ3v) is 5.64. The first kappa shape index (κ1) is 15.3. The van der Waals surface area contributed by atoms with Gasteiger partial charge in [-0.2, -0.15) is 0 Å². The molecule has 1 aliphatic rings. The number of nitrogen functional groups attached to an aromatic ring is 1. The summed E-state index contributed by atoms with van der Waals surface area (Å²) in [5.41, 5.74) is 6.14. The predicted molar refractivity (Wildman–Crippen MR) is 81.8 cm³/mol. The van der Waals surface area contributed by atoms with E-state index in [9.17, 15) is 8.42 Å². The third-order valence-electron chi connectivity index (χ3n) is 4.15. The molecule has 2 rings (SSSR count). The molecule has 1 aromatic carbocycles. The maximum absolute atomic E-state index is 12.5. The second-order valence-electron chi connectivity index (χ2n) is 5.99. The van der Waals surface area contributed by atoms with Gasteiger partial charge in [0.05, 0.1) is 4.90 Å². The third kappa shape index (κ3) is 3.52. The molecule has 0 aromatic heterocycles. The first-order valence-electron chi connectivity index (χ1n) is 7.28. The zero-order chi connectivity index (χ0) is 14.8. The van der Waals surface area contributed by atoms with Crippen LogP contribution in [0.1, 0.15) is 39.5 Å². The lowest BCUT2D eigenvalue weighted by molar-refractivity contribution is 0.226. The molecule has 1 aliphatic carbocycles. The number of anilines is 1. The summed E-state index contributed by atoms with van der Waals surface area (Å²) in [6.45, 7) is 4.33. The molecular formula is C15H24N2O2S. The maximum atomic E-state index is 12.5. The van der Waals surface area contributed by atoms with Gasteiger partial charge in [0.1, 0.15) is 0 Å². The second-order valence-corrected chi connectivity index (χ2v) is 7.71. The van der Waals surface area contributed by atoms with Gasteiger partial charge in [-0.25, -0.2) is 13.1 Å². The Morgan fingerprint density at radius 2 is 1.95 bits per heavy atom. The minimum absolute atomic E-state index is 0.0372. The van der Waals surface area contributed by atoms with Crippen molar-refractivity contribution in [1.29, 1.82) is 0 Å². The SMILES string of the molecule is CC(C)C1CCCCC1NS(=O)(=O)c1cccc(N)c1. The first-order chi connectivity index (χ1) is 9.40. The van der Waals surface area contributed by atoms with Crippen LogP contribution in [0.4, 0.5) is 5.69 Å². The van der Waals surface area contributed by atoms with Gasteiger partial charge in [-0.15, -0.1) is 0 Å². The Hall–Kier alpha value is -1.07. The van der Waals surface area contributed by atoms with Crippen molar-refractivity contribution in [3.05, 3.63) is 24.3 Å². The molecule has 20 heavy (non-hydrogen) atoms. The van der Waals surface area contributed by atoms with Gasteiger partial charge >= 0.3 is 0 Å². The minimum Gasteiger partial charge on any atom is -0.399 e. The Balaban J connectivity index is 2.18. The first-order valence-corrected chi connectivity index (χ1v) is 8.76. The van der Waals surface area contributed by atoms with E-state index >= 15 is 0 Å². The largest absolute Gasteiger partial charge is 0.399 e. The van der Waals surface area contributed by atoms with E-state index in [1.165, 1.54) is 12.5 Å². The van der Waals surface area contributed by atoms with E-state index < -0.39 is 10.0 Å². The van der Waals surface area contributed by atoms with E-state index in [0.717, 1.165) is 19.3 Å². The van der Waals surface area contributed by atoms with Crippen LogP contribution in [-0.4, -0.2) is 14.5 Å². The van der Waals surface area contributed by atoms with Gasteiger partial charge in [0.25, 0.3) is 0 Å². The quantitative estimate of drug-likeness (QED) is 0.839. The number of rotatable bonds is 4. The fraction of sp³-hybridized carbons (Fsp3) is 0.600. The highest BCUT2D eigenvalue weighted by molar-refractivity contribution is 7.89. The molecule has 1 saturated carbocycles. The standard InChI is InChI=1S/C15H24N2O2S/c1-11(2)14-8-3-4-9-15(14)17-20(18,19)13-7-5-6-12(16)10-13/h5-7,10-11,14-15,17H,3-4,8-9,16H2,1-2H3. The van der Waals surface area contributed by atoms with Crippen LogP contribution in [0.3, 0.4) is 0 Å². The highest BCUT2D eigenvalue weighted by Crippen LogP contribution is 2.31. The Morgan fingerprint density at radius 3 is 2.60 bits per heavy atom. The summed E-state index contributed by atoms with van der Waals surface area (Å²) in [5.74, 6) is 0.906. The summed E-state index contributed by atoms with van der Waals surface area (Å²) >= 11 is 0. The molecule has 0 radical (unpaired) electrons. The average Bonchev–Trinajstić information content (AvgIpc) is 2.38. The van der Waals surface area contributed by atoms with Crippen molar-refractivity contribution in [1.82, 2.24) is 4.72 Å². The molecule has 0 aliphatic heterocycles. The molecule has 0 bridgehead atoms. The number of hydrogen-bond donors (Lipinski definition) is 2. The van der Waals surface area contributed by atoms with Gasteiger partial charge in [-0.1, -0.05) is 32.8 Å². The Labute approximate surface area is 121 Å². The van der Waals surface area contributed by atoms with Crippen LogP contribution in [0.25, 0.3) is 0 Å². The van der Waals surface area contributed by atoms with Crippen LogP contribution in [0.5, 0.6) is 0 Å². The van der Waals surface area contributed by atoms with E-state index in [2.05, 4.69) is 18.6 Å². The molecule has 4 nitrogen and oxygen atoms in total. The normalized spacial score (nSPS) is 23.9. The van der Waals surface area contributed by atoms with E-state index in [1.807, 2.05) is 0 Å². The van der Waals surface area contributed by atoms with Gasteiger partial charge in [0.15, 0.2) is 0 Å². The molecular weight excluding hydrogens is 272 g/mol. The van der Waals surface area contributed by atoms with Gasteiger partial charge in [-0.05, 0) is 42.9 Å². The molecule has 2 unspecified atom stereocenters. The van der Waals surface area contributed by atoms with Crippen molar-refractivity contribution in [3.8, 4) is 0 Å². The molecule has 0 spiro atoms. The number of nitrogens with two attached hydrogens (primary N) is 1. The molecule has 3 N–H and O–H groups in total. The zero-order valence-electron chi connectivity index (χ0n) is 12.2. The molecule has 1 fully saturated rings. The van der Waals surface area contributed by atoms with Crippen molar-refractivity contribution in [2.24, 2.45) is 11.8 Å². The fourth-order valence-electron chi connectivity index (χ4n) is 3.05. The van der Waals surface area contributed by atoms with Crippen LogP contribution in [0, 0.1) is 11.8 Å². The number of hydrogen-bond acceptors (Lipinski definition) is 3.